The average Bonchev–Trinajstić information content (AvgIpc) is 3.08. The van der Waals surface area contributed by atoms with E-state index >= 15 is 0 Å². The lowest BCUT2D eigenvalue weighted by Gasteiger charge is -2.07. The minimum absolute atomic E-state index is 0.600. The van der Waals surface area contributed by atoms with Crippen LogP contribution in [0.2, 0.25) is 0 Å². The number of hydrogen-bond acceptors (Lipinski definition) is 6. The highest BCUT2D eigenvalue weighted by atomic mass is 32.2. The molecule has 0 saturated heterocycles. The molecule has 0 radical (unpaired) electrons. The number of benzene rings is 2. The molecule has 1 heterocycles. The van der Waals surface area contributed by atoms with E-state index in [1.807, 2.05) is 48.5 Å². The fourth-order valence-corrected chi connectivity index (χ4v) is 2.92. The quantitative estimate of drug-likeness (QED) is 0.456. The number of hydrogen-bond donors (Lipinski definition) is 0. The maximum atomic E-state index is 5.73. The molecule has 0 saturated carbocycles. The fourth-order valence-electron chi connectivity index (χ4n) is 2.23. The largest absolute Gasteiger partial charge is 0.497 e. The van der Waals surface area contributed by atoms with Crippen LogP contribution in [0.4, 0.5) is 0 Å². The molecule has 3 rings (SSSR count). The summed E-state index contributed by atoms with van der Waals surface area (Å²) in [5, 5.41) is 12.7. The van der Waals surface area contributed by atoms with Gasteiger partial charge in [-0.05, 0) is 47.2 Å². The monoisotopic (exact) mass is 356 g/mol. The standard InChI is InChI=1S/C18H20N4O2S/c1-14-3-7-17(8-4-14)24-11-12-25-18-19-20-21-22(18)13-15-5-9-16(23-2)10-6-15/h3-10H,11-13H2,1-2H3. The minimum Gasteiger partial charge on any atom is -0.497 e. The molecule has 6 nitrogen and oxygen atoms in total. The van der Waals surface area contributed by atoms with Crippen molar-refractivity contribution in [3.05, 3.63) is 59.7 Å². The van der Waals surface area contributed by atoms with Gasteiger partial charge in [0, 0.05) is 5.75 Å². The van der Waals surface area contributed by atoms with Gasteiger partial charge in [0.25, 0.3) is 0 Å². The van der Waals surface area contributed by atoms with E-state index in [2.05, 4.69) is 22.4 Å². The van der Waals surface area contributed by atoms with Crippen LogP contribution in [0.1, 0.15) is 11.1 Å². The third kappa shape index (κ3) is 4.96. The van der Waals surface area contributed by atoms with Crippen molar-refractivity contribution in [3.63, 3.8) is 0 Å². The van der Waals surface area contributed by atoms with E-state index in [9.17, 15) is 0 Å². The summed E-state index contributed by atoms with van der Waals surface area (Å²) < 4.78 is 12.7. The Labute approximate surface area is 151 Å². The van der Waals surface area contributed by atoms with E-state index in [0.717, 1.165) is 28.0 Å². The van der Waals surface area contributed by atoms with Crippen LogP contribution in [-0.4, -0.2) is 39.7 Å². The lowest BCUT2D eigenvalue weighted by Crippen LogP contribution is -2.06. The highest BCUT2D eigenvalue weighted by molar-refractivity contribution is 7.99. The molecule has 0 unspecified atom stereocenters. The van der Waals surface area contributed by atoms with E-state index in [1.54, 1.807) is 23.6 Å². The molecule has 0 fully saturated rings. The predicted molar refractivity (Wildman–Crippen MR) is 97.3 cm³/mol. The Morgan fingerprint density at radius 1 is 1.00 bits per heavy atom. The van der Waals surface area contributed by atoms with E-state index in [0.29, 0.717) is 13.2 Å². The molecule has 0 N–H and O–H groups in total. The molecular formula is C18H20N4O2S. The van der Waals surface area contributed by atoms with Crippen molar-refractivity contribution in [3.8, 4) is 11.5 Å². The first kappa shape index (κ1) is 17.3. The Balaban J connectivity index is 1.50. The van der Waals surface area contributed by atoms with Crippen molar-refractivity contribution in [2.24, 2.45) is 0 Å². The van der Waals surface area contributed by atoms with Gasteiger partial charge in [-0.15, -0.1) is 5.10 Å². The zero-order chi connectivity index (χ0) is 17.5. The number of ether oxygens (including phenoxy) is 2. The van der Waals surface area contributed by atoms with Crippen molar-refractivity contribution < 1.29 is 9.47 Å². The van der Waals surface area contributed by atoms with Gasteiger partial charge in [-0.2, -0.15) is 0 Å². The van der Waals surface area contributed by atoms with E-state index in [4.69, 9.17) is 9.47 Å². The third-order valence-electron chi connectivity index (χ3n) is 3.59. The van der Waals surface area contributed by atoms with Crippen molar-refractivity contribution in [1.29, 1.82) is 0 Å². The lowest BCUT2D eigenvalue weighted by atomic mass is 10.2. The minimum atomic E-state index is 0.600. The van der Waals surface area contributed by atoms with Crippen molar-refractivity contribution >= 4 is 11.8 Å². The number of aryl methyl sites for hydroxylation is 1. The summed E-state index contributed by atoms with van der Waals surface area (Å²) in [6.07, 6.45) is 0. The van der Waals surface area contributed by atoms with Crippen molar-refractivity contribution in [2.75, 3.05) is 19.5 Å². The van der Waals surface area contributed by atoms with Crippen LogP contribution in [0, 0.1) is 6.92 Å². The van der Waals surface area contributed by atoms with Crippen LogP contribution >= 0.6 is 11.8 Å². The fraction of sp³-hybridized carbons (Fsp3) is 0.278. The van der Waals surface area contributed by atoms with Crippen molar-refractivity contribution in [1.82, 2.24) is 20.2 Å². The molecule has 130 valence electrons. The van der Waals surface area contributed by atoms with Crippen LogP contribution in [0.3, 0.4) is 0 Å². The average molecular weight is 356 g/mol. The summed E-state index contributed by atoms with van der Waals surface area (Å²) in [6.45, 7) is 3.28. The molecule has 7 heteroatoms. The molecule has 3 aromatic rings. The number of nitrogens with zero attached hydrogens (tertiary/aromatic N) is 4. The van der Waals surface area contributed by atoms with Gasteiger partial charge >= 0.3 is 0 Å². The summed E-state index contributed by atoms with van der Waals surface area (Å²) in [7, 11) is 1.66. The van der Waals surface area contributed by atoms with Gasteiger partial charge in [-0.3, -0.25) is 0 Å². The smallest absolute Gasteiger partial charge is 0.209 e. The summed E-state index contributed by atoms with van der Waals surface area (Å²) >= 11 is 1.58. The number of methoxy groups -OCH3 is 1. The van der Waals surface area contributed by atoms with Crippen LogP contribution in [0.5, 0.6) is 11.5 Å². The van der Waals surface area contributed by atoms with Gasteiger partial charge in [-0.1, -0.05) is 41.6 Å². The highest BCUT2D eigenvalue weighted by Gasteiger charge is 2.08. The molecule has 1 aromatic heterocycles. The van der Waals surface area contributed by atoms with Gasteiger partial charge in [0.2, 0.25) is 5.16 Å². The zero-order valence-electron chi connectivity index (χ0n) is 14.3. The van der Waals surface area contributed by atoms with Crippen LogP contribution in [0.25, 0.3) is 0 Å². The molecular weight excluding hydrogens is 336 g/mol. The Morgan fingerprint density at radius 3 is 2.44 bits per heavy atom. The second-order valence-electron chi connectivity index (χ2n) is 5.48. The van der Waals surface area contributed by atoms with Crippen LogP contribution < -0.4 is 9.47 Å². The molecule has 0 amide bonds. The number of rotatable bonds is 8. The molecule has 0 aliphatic rings. The molecule has 0 spiro atoms. The second-order valence-corrected chi connectivity index (χ2v) is 6.54. The van der Waals surface area contributed by atoms with Gasteiger partial charge in [0.1, 0.15) is 11.5 Å². The molecule has 0 aliphatic heterocycles. The normalized spacial score (nSPS) is 10.6. The highest BCUT2D eigenvalue weighted by Crippen LogP contribution is 2.18. The third-order valence-corrected chi connectivity index (χ3v) is 4.52. The molecule has 2 aromatic carbocycles. The lowest BCUT2D eigenvalue weighted by molar-refractivity contribution is 0.343. The number of aromatic nitrogens is 4. The van der Waals surface area contributed by atoms with Crippen LogP contribution in [0.15, 0.2) is 53.7 Å². The molecule has 0 bridgehead atoms. The van der Waals surface area contributed by atoms with E-state index in [1.165, 1.54) is 5.56 Å². The Kier molecular flexibility index (Phi) is 5.90. The molecule has 0 atom stereocenters. The predicted octanol–water partition coefficient (Wildman–Crippen LogP) is 3.21. The topological polar surface area (TPSA) is 62.1 Å². The maximum absolute atomic E-state index is 5.73. The number of tetrazole rings is 1. The zero-order valence-corrected chi connectivity index (χ0v) is 15.1. The first-order valence-electron chi connectivity index (χ1n) is 7.96. The first-order valence-corrected chi connectivity index (χ1v) is 8.94. The summed E-state index contributed by atoms with van der Waals surface area (Å²) in [4.78, 5) is 0. The Morgan fingerprint density at radius 2 is 1.72 bits per heavy atom. The SMILES string of the molecule is COc1ccc(Cn2nnnc2SCCOc2ccc(C)cc2)cc1. The van der Waals surface area contributed by atoms with Gasteiger partial charge in [0.05, 0.1) is 20.3 Å². The maximum Gasteiger partial charge on any atom is 0.209 e. The van der Waals surface area contributed by atoms with Gasteiger partial charge in [0.15, 0.2) is 0 Å². The number of thioether (sulfide) groups is 1. The van der Waals surface area contributed by atoms with Crippen molar-refractivity contribution in [2.45, 2.75) is 18.6 Å². The van der Waals surface area contributed by atoms with Crippen LogP contribution in [-0.2, 0) is 6.54 Å². The van der Waals surface area contributed by atoms with Gasteiger partial charge < -0.3 is 9.47 Å². The molecule has 0 aliphatic carbocycles. The second kappa shape index (κ2) is 8.53. The van der Waals surface area contributed by atoms with E-state index < -0.39 is 0 Å². The summed E-state index contributed by atoms with van der Waals surface area (Å²) in [5.41, 5.74) is 2.34. The Bertz CT molecular complexity index is 788. The Hall–Kier alpha value is -2.54. The summed E-state index contributed by atoms with van der Waals surface area (Å²) in [6, 6.07) is 15.9. The molecule has 25 heavy (non-hydrogen) atoms. The van der Waals surface area contributed by atoms with E-state index in [-0.39, 0.29) is 0 Å². The summed E-state index contributed by atoms with van der Waals surface area (Å²) in [5.74, 6) is 2.49. The van der Waals surface area contributed by atoms with Gasteiger partial charge in [-0.25, -0.2) is 4.68 Å². The first-order chi connectivity index (χ1) is 12.2.